The van der Waals surface area contributed by atoms with E-state index in [2.05, 4.69) is 40.1 Å². The molecule has 2 saturated heterocycles. The predicted octanol–water partition coefficient (Wildman–Crippen LogP) is 6.12. The minimum atomic E-state index is 0.123. The second-order valence-electron chi connectivity index (χ2n) is 11.6. The van der Waals surface area contributed by atoms with E-state index in [0.29, 0.717) is 0 Å². The number of rotatable bonds is 8. The van der Waals surface area contributed by atoms with Crippen molar-refractivity contribution >= 4 is 16.8 Å². The van der Waals surface area contributed by atoms with E-state index in [9.17, 15) is 4.79 Å². The Balaban J connectivity index is 1.23. The van der Waals surface area contributed by atoms with Crippen molar-refractivity contribution in [3.05, 3.63) is 83.6 Å². The van der Waals surface area contributed by atoms with Crippen LogP contribution in [0.25, 0.3) is 22.0 Å². The van der Waals surface area contributed by atoms with Gasteiger partial charge in [-0.3, -0.25) is 9.78 Å². The molecular weight excluding hydrogens is 526 g/mol. The quantitative estimate of drug-likeness (QED) is 0.257. The number of hydrogen-bond donors (Lipinski definition) is 0. The Bertz CT molecular complexity index is 1600. The first-order valence-electron chi connectivity index (χ1n) is 15.1. The fourth-order valence-electron chi connectivity index (χ4n) is 6.62. The van der Waals surface area contributed by atoms with Gasteiger partial charge in [-0.1, -0.05) is 24.3 Å². The third-order valence-electron chi connectivity index (χ3n) is 8.93. The number of aromatic nitrogens is 1. The van der Waals surface area contributed by atoms with Gasteiger partial charge in [0, 0.05) is 30.2 Å². The maximum Gasteiger partial charge on any atom is 0.254 e. The zero-order chi connectivity index (χ0) is 28.5. The highest BCUT2D eigenvalue weighted by molar-refractivity contribution is 6.07. The minimum absolute atomic E-state index is 0.123. The Labute approximate surface area is 247 Å². The molecule has 0 bridgehead atoms. The van der Waals surface area contributed by atoms with Crippen LogP contribution in [0.2, 0.25) is 0 Å². The number of amides is 1. The molecule has 0 unspecified atom stereocenters. The summed E-state index contributed by atoms with van der Waals surface area (Å²) in [7, 11) is 1.68. The molecule has 0 radical (unpaired) electrons. The second-order valence-corrected chi connectivity index (χ2v) is 11.6. The number of carbonyl (C=O) groups excluding carboxylic acids is 1. The number of aryl methyl sites for hydroxylation is 2. The topological polar surface area (TPSA) is 64.1 Å². The molecular formula is C35H37N3O4. The van der Waals surface area contributed by atoms with E-state index >= 15 is 0 Å². The molecule has 0 N–H and O–H groups in total. The largest absolute Gasteiger partial charge is 0.497 e. The highest BCUT2D eigenvalue weighted by Crippen LogP contribution is 2.37. The van der Waals surface area contributed by atoms with Gasteiger partial charge in [-0.15, -0.1) is 0 Å². The average Bonchev–Trinajstić information content (AvgIpc) is 3.82. The average molecular weight is 564 g/mol. The van der Waals surface area contributed by atoms with Gasteiger partial charge in [0.15, 0.2) is 11.5 Å². The Morgan fingerprint density at radius 2 is 1.67 bits per heavy atom. The summed E-state index contributed by atoms with van der Waals surface area (Å²) in [6.07, 6.45) is 6.24. The fraction of sp³-hybridized carbons (Fsp3) is 0.371. The van der Waals surface area contributed by atoms with Crippen molar-refractivity contribution in [2.24, 2.45) is 0 Å². The number of hydrogen-bond acceptors (Lipinski definition) is 6. The molecule has 3 aliphatic rings. The van der Waals surface area contributed by atoms with Crippen LogP contribution in [0, 0.1) is 0 Å². The Kier molecular flexibility index (Phi) is 7.43. The normalized spacial score (nSPS) is 18.2. The lowest BCUT2D eigenvalue weighted by atomic mass is 9.98. The molecule has 216 valence electrons. The summed E-state index contributed by atoms with van der Waals surface area (Å²) in [5, 5.41) is 0.898. The zero-order valence-electron chi connectivity index (χ0n) is 24.2. The Hall–Kier alpha value is -4.10. The number of benzene rings is 3. The summed E-state index contributed by atoms with van der Waals surface area (Å²) >= 11 is 0. The molecule has 3 aromatic carbocycles. The van der Waals surface area contributed by atoms with Crippen LogP contribution in [0.15, 0.2) is 66.7 Å². The number of nitrogens with zero attached hydrogens (tertiary/aromatic N) is 3. The highest BCUT2D eigenvalue weighted by Gasteiger charge is 2.32. The summed E-state index contributed by atoms with van der Waals surface area (Å²) in [4.78, 5) is 24.1. The van der Waals surface area contributed by atoms with E-state index in [0.717, 1.165) is 102 Å². The maximum atomic E-state index is 14.4. The molecule has 3 aliphatic heterocycles. The van der Waals surface area contributed by atoms with Gasteiger partial charge in [0.1, 0.15) is 5.75 Å². The van der Waals surface area contributed by atoms with Crippen molar-refractivity contribution in [1.29, 1.82) is 0 Å². The zero-order valence-corrected chi connectivity index (χ0v) is 24.2. The molecule has 0 spiro atoms. The van der Waals surface area contributed by atoms with Gasteiger partial charge in [0.05, 0.1) is 18.2 Å². The number of ether oxygens (including phenoxy) is 3. The second kappa shape index (κ2) is 11.6. The van der Waals surface area contributed by atoms with Crippen molar-refractivity contribution in [2.75, 3.05) is 40.1 Å². The van der Waals surface area contributed by atoms with Crippen molar-refractivity contribution in [2.45, 2.75) is 44.6 Å². The molecule has 4 aromatic rings. The van der Waals surface area contributed by atoms with Gasteiger partial charge in [0.25, 0.3) is 5.91 Å². The number of fused-ring (bicyclic) bond motifs is 2. The van der Waals surface area contributed by atoms with Gasteiger partial charge in [-0.2, -0.15) is 0 Å². The third-order valence-corrected chi connectivity index (χ3v) is 8.93. The highest BCUT2D eigenvalue weighted by atomic mass is 16.7. The lowest BCUT2D eigenvalue weighted by Gasteiger charge is -2.29. The molecule has 42 heavy (non-hydrogen) atoms. The van der Waals surface area contributed by atoms with E-state index in [4.69, 9.17) is 19.2 Å². The van der Waals surface area contributed by atoms with Crippen LogP contribution in [-0.4, -0.2) is 66.8 Å². The fourth-order valence-corrected chi connectivity index (χ4v) is 6.62. The smallest absolute Gasteiger partial charge is 0.254 e. The molecule has 7 nitrogen and oxygen atoms in total. The summed E-state index contributed by atoms with van der Waals surface area (Å²) in [5.41, 5.74) is 5.81. The molecule has 7 rings (SSSR count). The van der Waals surface area contributed by atoms with E-state index in [1.54, 1.807) is 7.11 Å². The molecule has 1 atom stereocenters. The lowest BCUT2D eigenvalue weighted by molar-refractivity contribution is 0.0710. The van der Waals surface area contributed by atoms with Crippen LogP contribution < -0.4 is 14.2 Å². The molecule has 1 aromatic heterocycles. The van der Waals surface area contributed by atoms with Crippen LogP contribution in [0.1, 0.15) is 47.3 Å². The third kappa shape index (κ3) is 5.41. The molecule has 7 heteroatoms. The minimum Gasteiger partial charge on any atom is -0.497 e. The van der Waals surface area contributed by atoms with Gasteiger partial charge < -0.3 is 24.0 Å². The summed E-state index contributed by atoms with van der Waals surface area (Å²) in [6, 6.07) is 22.7. The van der Waals surface area contributed by atoms with Crippen LogP contribution in [0.3, 0.4) is 0 Å². The Morgan fingerprint density at radius 1 is 0.881 bits per heavy atom. The van der Waals surface area contributed by atoms with Gasteiger partial charge in [-0.05, 0) is 111 Å². The van der Waals surface area contributed by atoms with E-state index in [1.165, 1.54) is 18.4 Å². The summed E-state index contributed by atoms with van der Waals surface area (Å²) in [6.45, 7) is 4.31. The van der Waals surface area contributed by atoms with Crippen LogP contribution in [0.4, 0.5) is 0 Å². The van der Waals surface area contributed by atoms with E-state index in [1.807, 2.05) is 36.4 Å². The summed E-state index contributed by atoms with van der Waals surface area (Å²) < 4.78 is 16.5. The van der Waals surface area contributed by atoms with E-state index in [-0.39, 0.29) is 18.7 Å². The standard InChI is InChI=1S/C35H37N3O4/c1-40-29-12-7-24(8-13-29)6-11-27-21-31(35(39)38-18-4-5-28(38)22-37-16-2-3-17-37)30-19-25(9-14-32(30)36-27)26-10-15-33-34(20-26)42-23-41-33/h7-10,12-15,19-21,28H,2-6,11,16-18,22-23H2,1H3/t28-/m0/s1. The SMILES string of the molecule is COc1ccc(CCc2cc(C(=O)N3CCC[C@H]3CN3CCCC3)c3cc(-c4ccc5c(c4)OCO5)ccc3n2)cc1. The van der Waals surface area contributed by atoms with Crippen LogP contribution >= 0.6 is 0 Å². The van der Waals surface area contributed by atoms with Crippen molar-refractivity contribution in [1.82, 2.24) is 14.8 Å². The van der Waals surface area contributed by atoms with Crippen molar-refractivity contribution in [3.63, 3.8) is 0 Å². The Morgan fingerprint density at radius 3 is 2.50 bits per heavy atom. The van der Waals surface area contributed by atoms with Gasteiger partial charge >= 0.3 is 0 Å². The van der Waals surface area contributed by atoms with Gasteiger partial charge in [0.2, 0.25) is 6.79 Å². The first-order chi connectivity index (χ1) is 20.6. The molecule has 0 aliphatic carbocycles. The first kappa shape index (κ1) is 26.8. The molecule has 1 amide bonds. The molecule has 4 heterocycles. The van der Waals surface area contributed by atoms with Crippen LogP contribution in [-0.2, 0) is 12.8 Å². The number of pyridine rings is 1. The van der Waals surface area contributed by atoms with Crippen molar-refractivity contribution in [3.8, 4) is 28.4 Å². The molecule has 0 saturated carbocycles. The molecule has 2 fully saturated rings. The monoisotopic (exact) mass is 563 g/mol. The maximum absolute atomic E-state index is 14.4. The number of likely N-dealkylation sites (tertiary alicyclic amines) is 2. The van der Waals surface area contributed by atoms with Crippen molar-refractivity contribution < 1.29 is 19.0 Å². The van der Waals surface area contributed by atoms with Crippen LogP contribution in [0.5, 0.6) is 17.2 Å². The predicted molar refractivity (Wildman–Crippen MR) is 163 cm³/mol. The number of carbonyl (C=O) groups is 1. The first-order valence-corrected chi connectivity index (χ1v) is 15.1. The van der Waals surface area contributed by atoms with Gasteiger partial charge in [-0.25, -0.2) is 0 Å². The van der Waals surface area contributed by atoms with E-state index < -0.39 is 0 Å². The lowest BCUT2D eigenvalue weighted by Crippen LogP contribution is -2.42. The summed E-state index contributed by atoms with van der Waals surface area (Å²) in [5.74, 6) is 2.48. The number of methoxy groups -OCH3 is 1.